The average Bonchev–Trinajstić information content (AvgIpc) is 3.23. The first-order valence-corrected chi connectivity index (χ1v) is 7.97. The van der Waals surface area contributed by atoms with E-state index in [9.17, 15) is 4.79 Å². The van der Waals surface area contributed by atoms with Crippen molar-refractivity contribution in [1.29, 1.82) is 0 Å². The molecule has 1 saturated carbocycles. The van der Waals surface area contributed by atoms with Crippen LogP contribution in [-0.2, 0) is 0 Å². The van der Waals surface area contributed by atoms with E-state index in [0.717, 1.165) is 30.6 Å². The number of hydrogen-bond acceptors (Lipinski definition) is 2. The molecule has 0 aromatic heterocycles. The minimum Gasteiger partial charge on any atom is -0.300 e. The van der Waals surface area contributed by atoms with Crippen molar-refractivity contribution >= 4 is 17.4 Å². The molecule has 20 heavy (non-hydrogen) atoms. The lowest BCUT2D eigenvalue weighted by atomic mass is 10.1. The molecule has 1 fully saturated rings. The fourth-order valence-electron chi connectivity index (χ4n) is 2.37. The Kier molecular flexibility index (Phi) is 5.62. The summed E-state index contributed by atoms with van der Waals surface area (Å²) in [6.07, 6.45) is 4.42. The zero-order valence-corrected chi connectivity index (χ0v) is 13.2. The van der Waals surface area contributed by atoms with Crippen molar-refractivity contribution < 1.29 is 4.79 Å². The minimum absolute atomic E-state index is 0.219. The van der Waals surface area contributed by atoms with Crippen LogP contribution < -0.4 is 0 Å². The third-order valence-corrected chi connectivity index (χ3v) is 4.10. The van der Waals surface area contributed by atoms with Crippen molar-refractivity contribution in [2.75, 3.05) is 13.1 Å². The summed E-state index contributed by atoms with van der Waals surface area (Å²) in [5.41, 5.74) is 0.772. The maximum Gasteiger partial charge on any atom is 0.164 e. The molecule has 2 nitrogen and oxygen atoms in total. The molecule has 0 spiro atoms. The summed E-state index contributed by atoms with van der Waals surface area (Å²) in [6.45, 7) is 6.52. The second-order valence-electron chi connectivity index (χ2n) is 6.13. The largest absolute Gasteiger partial charge is 0.300 e. The van der Waals surface area contributed by atoms with E-state index in [0.29, 0.717) is 11.4 Å². The molecule has 0 saturated heterocycles. The standard InChI is InChI=1S/C17H24ClNO/c1-13(2)9-11-19(16-7-8-16)12-10-17(20)14-3-5-15(18)6-4-14/h3-6,13,16H,7-12H2,1-2H3. The van der Waals surface area contributed by atoms with Crippen molar-refractivity contribution in [2.24, 2.45) is 5.92 Å². The van der Waals surface area contributed by atoms with Crippen LogP contribution in [0, 0.1) is 5.92 Å². The van der Waals surface area contributed by atoms with E-state index < -0.39 is 0 Å². The van der Waals surface area contributed by atoms with Crippen LogP contribution in [0.3, 0.4) is 0 Å². The van der Waals surface area contributed by atoms with Crippen molar-refractivity contribution in [3.8, 4) is 0 Å². The molecule has 1 aromatic rings. The first-order valence-electron chi connectivity index (χ1n) is 7.59. The number of rotatable bonds is 8. The summed E-state index contributed by atoms with van der Waals surface area (Å²) in [6, 6.07) is 7.94. The van der Waals surface area contributed by atoms with Gasteiger partial charge in [-0.05, 0) is 56.0 Å². The van der Waals surface area contributed by atoms with Crippen LogP contribution in [0.5, 0.6) is 0 Å². The van der Waals surface area contributed by atoms with Gasteiger partial charge in [0.25, 0.3) is 0 Å². The van der Waals surface area contributed by atoms with Gasteiger partial charge in [-0.15, -0.1) is 0 Å². The molecule has 0 amide bonds. The normalized spacial score (nSPS) is 15.1. The van der Waals surface area contributed by atoms with Crippen LogP contribution in [-0.4, -0.2) is 29.8 Å². The smallest absolute Gasteiger partial charge is 0.164 e. The maximum atomic E-state index is 12.2. The molecule has 1 aliphatic carbocycles. The van der Waals surface area contributed by atoms with Crippen LogP contribution in [0.4, 0.5) is 0 Å². The van der Waals surface area contributed by atoms with E-state index in [1.54, 1.807) is 12.1 Å². The third-order valence-electron chi connectivity index (χ3n) is 3.85. The summed E-state index contributed by atoms with van der Waals surface area (Å²) in [5, 5.41) is 0.679. The van der Waals surface area contributed by atoms with Crippen LogP contribution in [0.1, 0.15) is 49.9 Å². The lowest BCUT2D eigenvalue weighted by Gasteiger charge is -2.22. The molecule has 0 aliphatic heterocycles. The lowest BCUT2D eigenvalue weighted by Crippen LogP contribution is -2.30. The van der Waals surface area contributed by atoms with E-state index in [-0.39, 0.29) is 5.78 Å². The molecule has 110 valence electrons. The van der Waals surface area contributed by atoms with Gasteiger partial charge in [0.2, 0.25) is 0 Å². The van der Waals surface area contributed by atoms with Gasteiger partial charge >= 0.3 is 0 Å². The van der Waals surface area contributed by atoms with Gasteiger partial charge < -0.3 is 0 Å². The van der Waals surface area contributed by atoms with Crippen LogP contribution in [0.15, 0.2) is 24.3 Å². The van der Waals surface area contributed by atoms with E-state index >= 15 is 0 Å². The number of nitrogens with zero attached hydrogens (tertiary/aromatic N) is 1. The Bertz CT molecular complexity index is 437. The predicted octanol–water partition coefficient (Wildman–Crippen LogP) is 4.42. The van der Waals surface area contributed by atoms with Crippen LogP contribution in [0.2, 0.25) is 5.02 Å². The number of Topliss-reactive ketones (excluding diaryl/α,β-unsaturated/α-hetero) is 1. The minimum atomic E-state index is 0.219. The number of hydrogen-bond donors (Lipinski definition) is 0. The summed E-state index contributed by atoms with van der Waals surface area (Å²) in [7, 11) is 0. The van der Waals surface area contributed by atoms with Gasteiger partial charge in [-0.2, -0.15) is 0 Å². The van der Waals surface area contributed by atoms with Crippen molar-refractivity contribution in [3.05, 3.63) is 34.9 Å². The van der Waals surface area contributed by atoms with Gasteiger partial charge in [0.1, 0.15) is 0 Å². The second kappa shape index (κ2) is 7.24. The molecule has 1 aromatic carbocycles. The summed E-state index contributed by atoms with van der Waals surface area (Å²) in [4.78, 5) is 14.7. The highest BCUT2D eigenvalue weighted by molar-refractivity contribution is 6.30. The Morgan fingerprint density at radius 1 is 1.25 bits per heavy atom. The second-order valence-corrected chi connectivity index (χ2v) is 6.57. The highest BCUT2D eigenvalue weighted by Crippen LogP contribution is 2.27. The zero-order valence-electron chi connectivity index (χ0n) is 12.4. The molecule has 1 aliphatic rings. The van der Waals surface area contributed by atoms with Crippen molar-refractivity contribution in [1.82, 2.24) is 4.90 Å². The van der Waals surface area contributed by atoms with E-state index in [4.69, 9.17) is 11.6 Å². The Morgan fingerprint density at radius 2 is 1.90 bits per heavy atom. The Hall–Kier alpha value is -0.860. The molecular weight excluding hydrogens is 270 g/mol. The van der Waals surface area contributed by atoms with Crippen LogP contribution in [0.25, 0.3) is 0 Å². The maximum absolute atomic E-state index is 12.2. The molecule has 0 unspecified atom stereocenters. The van der Waals surface area contributed by atoms with Gasteiger partial charge in [-0.25, -0.2) is 0 Å². The summed E-state index contributed by atoms with van der Waals surface area (Å²) < 4.78 is 0. The molecule has 0 N–H and O–H groups in total. The number of carbonyl (C=O) groups excluding carboxylic acids is 1. The Morgan fingerprint density at radius 3 is 2.45 bits per heavy atom. The third kappa shape index (κ3) is 4.92. The van der Waals surface area contributed by atoms with E-state index in [2.05, 4.69) is 18.7 Å². The van der Waals surface area contributed by atoms with Gasteiger partial charge in [0, 0.05) is 29.6 Å². The first kappa shape index (κ1) is 15.5. The van der Waals surface area contributed by atoms with E-state index in [1.165, 1.54) is 19.3 Å². The number of carbonyl (C=O) groups is 1. The lowest BCUT2D eigenvalue weighted by molar-refractivity contribution is 0.0961. The van der Waals surface area contributed by atoms with Crippen molar-refractivity contribution in [3.63, 3.8) is 0 Å². The number of benzene rings is 1. The van der Waals surface area contributed by atoms with Gasteiger partial charge in [-0.3, -0.25) is 9.69 Å². The monoisotopic (exact) mass is 293 g/mol. The van der Waals surface area contributed by atoms with Crippen LogP contribution >= 0.6 is 11.6 Å². The van der Waals surface area contributed by atoms with Gasteiger partial charge in [0.05, 0.1) is 0 Å². The fraction of sp³-hybridized carbons (Fsp3) is 0.588. The average molecular weight is 294 g/mol. The fourth-order valence-corrected chi connectivity index (χ4v) is 2.49. The summed E-state index contributed by atoms with van der Waals surface area (Å²) in [5.74, 6) is 0.945. The molecular formula is C17H24ClNO. The molecule has 2 rings (SSSR count). The highest BCUT2D eigenvalue weighted by Gasteiger charge is 2.28. The van der Waals surface area contributed by atoms with Gasteiger partial charge in [-0.1, -0.05) is 25.4 Å². The molecule has 0 atom stereocenters. The molecule has 0 heterocycles. The van der Waals surface area contributed by atoms with Crippen molar-refractivity contribution in [2.45, 2.75) is 45.6 Å². The number of halogens is 1. The highest BCUT2D eigenvalue weighted by atomic mass is 35.5. The van der Waals surface area contributed by atoms with E-state index in [1.807, 2.05) is 12.1 Å². The Balaban J connectivity index is 1.82. The summed E-state index contributed by atoms with van der Waals surface area (Å²) >= 11 is 5.85. The number of ketones is 1. The molecule has 3 heteroatoms. The molecule has 0 bridgehead atoms. The molecule has 0 radical (unpaired) electrons. The quantitative estimate of drug-likeness (QED) is 0.661. The van der Waals surface area contributed by atoms with Gasteiger partial charge in [0.15, 0.2) is 5.78 Å². The first-order chi connectivity index (χ1) is 9.56. The SMILES string of the molecule is CC(C)CCN(CCC(=O)c1ccc(Cl)cc1)C1CC1. The topological polar surface area (TPSA) is 20.3 Å². The Labute approximate surface area is 127 Å². The zero-order chi connectivity index (χ0) is 14.5. The predicted molar refractivity (Wildman–Crippen MR) is 84.4 cm³/mol.